The van der Waals surface area contributed by atoms with Gasteiger partial charge in [0, 0.05) is 42.3 Å². The molecule has 1 saturated heterocycles. The molecule has 0 aromatic heterocycles. The van der Waals surface area contributed by atoms with E-state index in [1.807, 2.05) is 45.9 Å². The monoisotopic (exact) mass is 408 g/mol. The number of hydrogen-bond donors (Lipinski definition) is 3. The van der Waals surface area contributed by atoms with E-state index in [0.29, 0.717) is 12.5 Å². The highest BCUT2D eigenvalue weighted by Gasteiger charge is 2.34. The summed E-state index contributed by atoms with van der Waals surface area (Å²) >= 11 is 6.24. The molecule has 1 fully saturated rings. The van der Waals surface area contributed by atoms with Crippen LogP contribution in [-0.2, 0) is 14.9 Å². The second kappa shape index (κ2) is 10.1. The van der Waals surface area contributed by atoms with Gasteiger partial charge in [-0.2, -0.15) is 0 Å². The third kappa shape index (κ3) is 6.99. The van der Waals surface area contributed by atoms with Crippen molar-refractivity contribution in [1.29, 1.82) is 0 Å². The smallest absolute Gasteiger partial charge is 0.242 e. The van der Waals surface area contributed by atoms with Crippen molar-refractivity contribution in [3.05, 3.63) is 34.9 Å². The number of carbonyl (C=O) groups is 1. The lowest BCUT2D eigenvalue weighted by atomic mass is 9.74. The molecular weight excluding hydrogens is 376 g/mol. The van der Waals surface area contributed by atoms with E-state index in [0.717, 1.165) is 37.6 Å². The van der Waals surface area contributed by atoms with Gasteiger partial charge in [0.25, 0.3) is 0 Å². The predicted molar refractivity (Wildman–Crippen MR) is 115 cm³/mol. The molecular formula is C21H33ClN4O2. The SMILES string of the molecule is CCNC(=NCC(=O)NC(C)(C)C)NCC1(c2cccc(Cl)c2)CCOCC1. The van der Waals surface area contributed by atoms with E-state index in [9.17, 15) is 4.79 Å². The zero-order valence-electron chi connectivity index (χ0n) is 17.4. The maximum atomic E-state index is 12.1. The number of hydrogen-bond acceptors (Lipinski definition) is 3. The quantitative estimate of drug-likeness (QED) is 0.499. The first-order valence-electron chi connectivity index (χ1n) is 9.91. The zero-order valence-corrected chi connectivity index (χ0v) is 18.2. The second-order valence-corrected chi connectivity index (χ2v) is 8.69. The van der Waals surface area contributed by atoms with Crippen LogP contribution >= 0.6 is 11.6 Å². The van der Waals surface area contributed by atoms with Gasteiger partial charge in [-0.05, 0) is 58.2 Å². The minimum absolute atomic E-state index is 0.0764. The Kier molecular flexibility index (Phi) is 8.13. The molecule has 0 bridgehead atoms. The largest absolute Gasteiger partial charge is 0.381 e. The first kappa shape index (κ1) is 22.5. The van der Waals surface area contributed by atoms with Crippen LogP contribution < -0.4 is 16.0 Å². The summed E-state index contributed by atoms with van der Waals surface area (Å²) in [6.45, 7) is 10.8. The summed E-state index contributed by atoms with van der Waals surface area (Å²) in [7, 11) is 0. The summed E-state index contributed by atoms with van der Waals surface area (Å²) in [5, 5.41) is 10.3. The van der Waals surface area contributed by atoms with Crippen LogP contribution in [0, 0.1) is 0 Å². The minimum atomic E-state index is -0.267. The van der Waals surface area contributed by atoms with E-state index in [-0.39, 0.29) is 23.4 Å². The Hall–Kier alpha value is -1.79. The van der Waals surface area contributed by atoms with Gasteiger partial charge >= 0.3 is 0 Å². The third-order valence-electron chi connectivity index (χ3n) is 4.72. The number of rotatable bonds is 6. The molecule has 0 spiro atoms. The Labute approximate surface area is 173 Å². The number of nitrogens with one attached hydrogen (secondary N) is 3. The van der Waals surface area contributed by atoms with Crippen molar-refractivity contribution in [2.45, 2.75) is 51.5 Å². The maximum Gasteiger partial charge on any atom is 0.242 e. The van der Waals surface area contributed by atoms with Crippen LogP contribution in [0.2, 0.25) is 5.02 Å². The van der Waals surface area contributed by atoms with Crippen molar-refractivity contribution >= 4 is 23.5 Å². The fraction of sp³-hybridized carbons (Fsp3) is 0.619. The van der Waals surface area contributed by atoms with Gasteiger partial charge in [0.05, 0.1) is 0 Å². The van der Waals surface area contributed by atoms with Crippen molar-refractivity contribution in [1.82, 2.24) is 16.0 Å². The van der Waals surface area contributed by atoms with Crippen LogP contribution in [0.3, 0.4) is 0 Å². The van der Waals surface area contributed by atoms with Crippen LogP contribution in [0.25, 0.3) is 0 Å². The molecule has 0 unspecified atom stereocenters. The topological polar surface area (TPSA) is 74.8 Å². The van der Waals surface area contributed by atoms with E-state index in [1.165, 1.54) is 5.56 Å². The predicted octanol–water partition coefficient (Wildman–Crippen LogP) is 2.86. The Bertz CT molecular complexity index is 679. The summed E-state index contributed by atoms with van der Waals surface area (Å²) < 4.78 is 5.60. The Morgan fingerprint density at radius 3 is 2.57 bits per heavy atom. The third-order valence-corrected chi connectivity index (χ3v) is 4.96. The van der Waals surface area contributed by atoms with Gasteiger partial charge in [-0.15, -0.1) is 0 Å². The lowest BCUT2D eigenvalue weighted by Gasteiger charge is -2.38. The second-order valence-electron chi connectivity index (χ2n) is 8.25. The number of nitrogens with zero attached hydrogens (tertiary/aromatic N) is 1. The number of ether oxygens (including phenoxy) is 1. The van der Waals surface area contributed by atoms with Gasteiger partial charge < -0.3 is 20.7 Å². The normalized spacial score (nSPS) is 17.1. The van der Waals surface area contributed by atoms with Gasteiger partial charge in [0.15, 0.2) is 5.96 Å². The lowest BCUT2D eigenvalue weighted by Crippen LogP contribution is -2.48. The molecule has 156 valence electrons. The number of benzene rings is 1. The molecule has 1 aliphatic heterocycles. The maximum absolute atomic E-state index is 12.1. The average molecular weight is 409 g/mol. The molecule has 0 aliphatic carbocycles. The van der Waals surface area contributed by atoms with E-state index in [1.54, 1.807) is 0 Å². The molecule has 1 aromatic rings. The minimum Gasteiger partial charge on any atom is -0.381 e. The molecule has 7 heteroatoms. The standard InChI is InChI=1S/C21H33ClN4O2/c1-5-23-19(24-14-18(27)26-20(2,3)4)25-15-21(9-11-28-12-10-21)16-7-6-8-17(22)13-16/h6-8,13H,5,9-12,14-15H2,1-4H3,(H,26,27)(H2,23,24,25). The van der Waals surface area contributed by atoms with Crippen LogP contribution in [0.5, 0.6) is 0 Å². The first-order valence-corrected chi connectivity index (χ1v) is 10.3. The number of halogens is 1. The van der Waals surface area contributed by atoms with Crippen molar-refractivity contribution in [2.24, 2.45) is 4.99 Å². The van der Waals surface area contributed by atoms with Gasteiger partial charge in [-0.3, -0.25) is 4.79 Å². The van der Waals surface area contributed by atoms with E-state index in [2.05, 4.69) is 27.0 Å². The van der Waals surface area contributed by atoms with Gasteiger partial charge in [-0.25, -0.2) is 4.99 Å². The molecule has 0 radical (unpaired) electrons. The molecule has 1 aromatic carbocycles. The number of carbonyl (C=O) groups excluding carboxylic acids is 1. The van der Waals surface area contributed by atoms with Crippen LogP contribution in [0.15, 0.2) is 29.3 Å². The van der Waals surface area contributed by atoms with Crippen molar-refractivity contribution in [3.63, 3.8) is 0 Å². The molecule has 0 saturated carbocycles. The highest BCUT2D eigenvalue weighted by molar-refractivity contribution is 6.30. The Morgan fingerprint density at radius 2 is 1.96 bits per heavy atom. The van der Waals surface area contributed by atoms with Crippen LogP contribution in [-0.4, -0.2) is 50.3 Å². The van der Waals surface area contributed by atoms with Crippen molar-refractivity contribution < 1.29 is 9.53 Å². The molecule has 1 amide bonds. The average Bonchev–Trinajstić information content (AvgIpc) is 2.63. The molecule has 1 aliphatic rings. The molecule has 1 heterocycles. The first-order chi connectivity index (χ1) is 13.2. The van der Waals surface area contributed by atoms with E-state index in [4.69, 9.17) is 16.3 Å². The molecule has 2 rings (SSSR count). The summed E-state index contributed by atoms with van der Waals surface area (Å²) in [6.07, 6.45) is 1.81. The van der Waals surface area contributed by atoms with Gasteiger partial charge in [-0.1, -0.05) is 23.7 Å². The van der Waals surface area contributed by atoms with E-state index >= 15 is 0 Å². The van der Waals surface area contributed by atoms with E-state index < -0.39 is 0 Å². The molecule has 0 atom stereocenters. The lowest BCUT2D eigenvalue weighted by molar-refractivity contribution is -0.121. The summed E-state index contributed by atoms with van der Waals surface area (Å²) in [5.41, 5.74) is 0.863. The highest BCUT2D eigenvalue weighted by atomic mass is 35.5. The molecule has 28 heavy (non-hydrogen) atoms. The number of guanidine groups is 1. The molecule has 3 N–H and O–H groups in total. The fourth-order valence-corrected chi connectivity index (χ4v) is 3.54. The summed E-state index contributed by atoms with van der Waals surface area (Å²) in [5.74, 6) is 0.541. The summed E-state index contributed by atoms with van der Waals surface area (Å²) in [4.78, 5) is 16.5. The van der Waals surface area contributed by atoms with Crippen molar-refractivity contribution in [3.8, 4) is 0 Å². The molecule has 6 nitrogen and oxygen atoms in total. The highest BCUT2D eigenvalue weighted by Crippen LogP contribution is 2.35. The number of amides is 1. The van der Waals surface area contributed by atoms with Crippen LogP contribution in [0.4, 0.5) is 0 Å². The van der Waals surface area contributed by atoms with Crippen molar-refractivity contribution in [2.75, 3.05) is 32.8 Å². The number of aliphatic imine (C=N–C) groups is 1. The zero-order chi connectivity index (χ0) is 20.6. The Balaban J connectivity index is 2.10. The summed E-state index contributed by atoms with van der Waals surface area (Å²) in [6, 6.07) is 8.05. The van der Waals surface area contributed by atoms with Gasteiger partial charge in [0.1, 0.15) is 6.54 Å². The van der Waals surface area contributed by atoms with Gasteiger partial charge in [0.2, 0.25) is 5.91 Å². The Morgan fingerprint density at radius 1 is 1.25 bits per heavy atom. The van der Waals surface area contributed by atoms with Crippen LogP contribution in [0.1, 0.15) is 46.1 Å². The fourth-order valence-electron chi connectivity index (χ4n) is 3.35.